The molecule has 0 bridgehead atoms. The Bertz CT molecular complexity index is 572. The second-order valence-corrected chi connectivity index (χ2v) is 6.85. The van der Waals surface area contributed by atoms with Gasteiger partial charge in [-0.1, -0.05) is 23.7 Å². The molecule has 0 aliphatic carbocycles. The highest BCUT2D eigenvalue weighted by atomic mass is 35.5. The molecule has 2 rings (SSSR count). The van der Waals surface area contributed by atoms with Gasteiger partial charge in [0.15, 0.2) is 6.26 Å². The van der Waals surface area contributed by atoms with E-state index in [1.165, 1.54) is 3.14 Å². The number of hydrogen-bond donors (Lipinski definition) is 0. The molecule has 104 valence electrons. The second kappa shape index (κ2) is 7.32. The molecule has 1 heterocycles. The van der Waals surface area contributed by atoms with Gasteiger partial charge in [0.2, 0.25) is 11.4 Å². The first kappa shape index (κ1) is 16.5. The zero-order chi connectivity index (χ0) is 14.5. The van der Waals surface area contributed by atoms with E-state index in [9.17, 15) is 17.3 Å². The third-order valence-electron chi connectivity index (χ3n) is 1.64. The van der Waals surface area contributed by atoms with Gasteiger partial charge in [-0.2, -0.15) is 4.37 Å². The summed E-state index contributed by atoms with van der Waals surface area (Å²) in [7, 11) is -6.00. The lowest BCUT2D eigenvalue weighted by Gasteiger charge is -1.94. The zero-order valence-corrected chi connectivity index (χ0v) is 12.7. The minimum atomic E-state index is -6.00. The molecular weight excluding hydrogens is 341 g/mol. The van der Waals surface area contributed by atoms with Gasteiger partial charge in [0.25, 0.3) is 0 Å². The van der Waals surface area contributed by atoms with Gasteiger partial charge in [-0.3, -0.25) is 0 Å². The Morgan fingerprint density at radius 2 is 1.68 bits per heavy atom. The van der Waals surface area contributed by atoms with Crippen LogP contribution in [0.4, 0.5) is 17.3 Å². The molecule has 0 fully saturated rings. The summed E-state index contributed by atoms with van der Waals surface area (Å²) in [6.07, 6.45) is 2.07. The van der Waals surface area contributed by atoms with E-state index in [0.29, 0.717) is 0 Å². The molecule has 0 N–H and O–H groups in total. The summed E-state index contributed by atoms with van der Waals surface area (Å²) in [6, 6.07) is 7.78. The summed E-state index contributed by atoms with van der Waals surface area (Å²) in [6.45, 7) is 0. The first-order chi connectivity index (χ1) is 8.79. The largest absolute Gasteiger partial charge is 0.673 e. The number of benzene rings is 1. The minimum absolute atomic E-state index is 0.763. The maximum atomic E-state index is 9.75. The lowest BCUT2D eigenvalue weighted by Crippen LogP contribution is -2.02. The van der Waals surface area contributed by atoms with Gasteiger partial charge < -0.3 is 17.3 Å². The Hall–Kier alpha value is -0.505. The molecule has 1 nitrogen and oxygen atoms in total. The lowest BCUT2D eigenvalue weighted by atomic mass is 10.2. The molecule has 0 aliphatic heterocycles. The van der Waals surface area contributed by atoms with Crippen molar-refractivity contribution in [1.29, 1.82) is 0 Å². The number of nitrogens with zero attached hydrogens (tertiary/aromatic N) is 1. The van der Waals surface area contributed by atoms with E-state index in [0.717, 1.165) is 15.6 Å². The van der Waals surface area contributed by atoms with E-state index in [1.54, 1.807) is 34.2 Å². The molecule has 10 heteroatoms. The molecule has 19 heavy (non-hydrogen) atoms. The standard InChI is InChI=1S/C9H7ClNS3.BF4/c1-12-9-13-8(11-14-9)6-2-4-7(10)5-3-6;2-1(3,4)5/h2-5H,1H3;/q+1;-1. The Kier molecular flexibility index (Phi) is 6.38. The predicted octanol–water partition coefficient (Wildman–Crippen LogP) is 5.07. The number of rotatable bonds is 1. The average Bonchev–Trinajstić information content (AvgIpc) is 2.76. The molecule has 0 aliphatic rings. The third-order valence-corrected chi connectivity index (χ3v) is 5.40. The van der Waals surface area contributed by atoms with E-state index < -0.39 is 7.25 Å². The summed E-state index contributed by atoms with van der Waals surface area (Å²) in [4.78, 5) is 0. The van der Waals surface area contributed by atoms with Gasteiger partial charge in [0.1, 0.15) is 5.01 Å². The maximum absolute atomic E-state index is 9.75. The minimum Gasteiger partial charge on any atom is -0.418 e. The normalized spacial score (nSPS) is 12.0. The van der Waals surface area contributed by atoms with Gasteiger partial charge in [0, 0.05) is 22.1 Å². The smallest absolute Gasteiger partial charge is 0.418 e. The van der Waals surface area contributed by atoms with Crippen LogP contribution in [0.1, 0.15) is 0 Å². The van der Waals surface area contributed by atoms with E-state index in [-0.39, 0.29) is 0 Å². The van der Waals surface area contributed by atoms with Crippen molar-refractivity contribution in [3.63, 3.8) is 0 Å². The predicted molar refractivity (Wildman–Crippen MR) is 77.2 cm³/mol. The topological polar surface area (TPSA) is 12.9 Å². The van der Waals surface area contributed by atoms with Crippen molar-refractivity contribution in [2.45, 2.75) is 0 Å². The average molecular weight is 348 g/mol. The van der Waals surface area contributed by atoms with Crippen molar-refractivity contribution in [3.8, 4) is 10.6 Å². The SMILES string of the molecule is C[S+]=c1snc(-c2ccc(Cl)cc2)s1.F[B-](F)(F)F. The van der Waals surface area contributed by atoms with Crippen molar-refractivity contribution < 1.29 is 17.3 Å². The van der Waals surface area contributed by atoms with E-state index in [4.69, 9.17) is 11.6 Å². The number of halogens is 5. The first-order valence-corrected chi connectivity index (χ1v) is 7.96. The summed E-state index contributed by atoms with van der Waals surface area (Å²) in [5.41, 5.74) is 1.14. The second-order valence-electron chi connectivity index (χ2n) is 3.05. The van der Waals surface area contributed by atoms with E-state index in [2.05, 4.69) is 10.6 Å². The monoisotopic (exact) mass is 347 g/mol. The maximum Gasteiger partial charge on any atom is 0.673 e. The fraction of sp³-hybridized carbons (Fsp3) is 0.111. The molecule has 0 radical (unpaired) electrons. The fourth-order valence-electron chi connectivity index (χ4n) is 0.978. The molecule has 0 atom stereocenters. The van der Waals surface area contributed by atoms with Gasteiger partial charge in [-0.25, -0.2) is 0 Å². The zero-order valence-electron chi connectivity index (χ0n) is 9.45. The van der Waals surface area contributed by atoms with Crippen LogP contribution in [0.3, 0.4) is 0 Å². The number of aromatic nitrogens is 1. The van der Waals surface area contributed by atoms with Crippen LogP contribution in [0.2, 0.25) is 5.02 Å². The van der Waals surface area contributed by atoms with Crippen LogP contribution in [0.15, 0.2) is 24.3 Å². The molecular formula is C9H7BClF4NS3. The van der Waals surface area contributed by atoms with Crippen LogP contribution in [-0.2, 0) is 11.4 Å². The van der Waals surface area contributed by atoms with Gasteiger partial charge >= 0.3 is 10.4 Å². The molecule has 0 spiro atoms. The Morgan fingerprint density at radius 1 is 1.16 bits per heavy atom. The quantitative estimate of drug-likeness (QED) is 0.304. The van der Waals surface area contributed by atoms with Crippen molar-refractivity contribution in [2.75, 3.05) is 6.26 Å². The van der Waals surface area contributed by atoms with Crippen LogP contribution in [0, 0.1) is 3.14 Å². The summed E-state index contributed by atoms with van der Waals surface area (Å²) in [5, 5.41) is 1.83. The number of hydrogen-bond acceptors (Lipinski definition) is 3. The van der Waals surface area contributed by atoms with Crippen LogP contribution < -0.4 is 0 Å². The highest BCUT2D eigenvalue weighted by molar-refractivity contribution is 7.74. The summed E-state index contributed by atoms with van der Waals surface area (Å²) < 4.78 is 44.7. The van der Waals surface area contributed by atoms with Gasteiger partial charge in [-0.05, 0) is 23.5 Å². The summed E-state index contributed by atoms with van der Waals surface area (Å²) >= 11 is 10.8. The molecule has 1 aromatic heterocycles. The van der Waals surface area contributed by atoms with Crippen molar-refractivity contribution in [1.82, 2.24) is 4.37 Å². The Balaban J connectivity index is 0.000000312. The van der Waals surface area contributed by atoms with Crippen molar-refractivity contribution >= 4 is 53.1 Å². The third kappa shape index (κ3) is 7.00. The molecule has 0 unspecified atom stereocenters. The van der Waals surface area contributed by atoms with E-state index in [1.807, 2.05) is 24.3 Å². The van der Waals surface area contributed by atoms with Crippen LogP contribution >= 0.6 is 34.5 Å². The highest BCUT2D eigenvalue weighted by Gasteiger charge is 2.20. The van der Waals surface area contributed by atoms with Crippen molar-refractivity contribution in [3.05, 3.63) is 32.4 Å². The lowest BCUT2D eigenvalue weighted by molar-refractivity contribution is 0.368. The van der Waals surface area contributed by atoms with E-state index >= 15 is 0 Å². The molecule has 0 amide bonds. The van der Waals surface area contributed by atoms with Gasteiger partial charge in [0.05, 0.1) is 0 Å². The molecule has 0 saturated carbocycles. The van der Waals surface area contributed by atoms with Crippen LogP contribution in [0.5, 0.6) is 0 Å². The van der Waals surface area contributed by atoms with Crippen molar-refractivity contribution in [2.24, 2.45) is 0 Å². The fourth-order valence-corrected chi connectivity index (χ4v) is 3.52. The molecule has 1 aromatic carbocycles. The Labute approximate surface area is 124 Å². The molecule has 2 aromatic rings. The molecule has 0 saturated heterocycles. The highest BCUT2D eigenvalue weighted by Crippen LogP contribution is 2.25. The Morgan fingerprint density at radius 3 is 2.11 bits per heavy atom. The van der Waals surface area contributed by atoms with Gasteiger partial charge in [-0.15, -0.1) is 0 Å². The van der Waals surface area contributed by atoms with Crippen LogP contribution in [-0.4, -0.2) is 17.9 Å². The first-order valence-electron chi connectivity index (χ1n) is 4.76. The summed E-state index contributed by atoms with van der Waals surface area (Å²) in [5.74, 6) is 0. The van der Waals surface area contributed by atoms with Crippen LogP contribution in [0.25, 0.3) is 10.6 Å².